The number of fused-ring (bicyclic) bond motifs is 2. The van der Waals surface area contributed by atoms with Crippen LogP contribution in [-0.4, -0.2) is 50.8 Å². The Balaban J connectivity index is 1.56. The summed E-state index contributed by atoms with van der Waals surface area (Å²) in [4.78, 5) is 25.1. The predicted molar refractivity (Wildman–Crippen MR) is 137 cm³/mol. The van der Waals surface area contributed by atoms with Gasteiger partial charge in [0.15, 0.2) is 5.82 Å². The summed E-state index contributed by atoms with van der Waals surface area (Å²) in [6.45, 7) is 10.1. The van der Waals surface area contributed by atoms with Crippen molar-refractivity contribution in [3.05, 3.63) is 53.9 Å². The molecule has 0 bridgehead atoms. The Kier molecular flexibility index (Phi) is 5.88. The molecule has 2 aromatic heterocycles. The molecule has 4 aromatic rings. The number of halogens is 1. The molecule has 1 aliphatic heterocycles. The molecular weight excluding hydrogens is 445 g/mol. The van der Waals surface area contributed by atoms with Gasteiger partial charge in [-0.05, 0) is 38.1 Å². The van der Waals surface area contributed by atoms with E-state index in [1.165, 1.54) is 6.07 Å². The highest BCUT2D eigenvalue weighted by Crippen LogP contribution is 2.31. The van der Waals surface area contributed by atoms with Crippen molar-refractivity contribution in [1.29, 1.82) is 0 Å². The average Bonchev–Trinajstić information content (AvgIpc) is 3.18. The molecule has 1 saturated heterocycles. The van der Waals surface area contributed by atoms with Crippen LogP contribution in [0.25, 0.3) is 21.8 Å². The molecule has 3 heterocycles. The third kappa shape index (κ3) is 4.43. The second-order valence-corrected chi connectivity index (χ2v) is 9.80. The van der Waals surface area contributed by atoms with Crippen molar-refractivity contribution in [3.8, 4) is 0 Å². The van der Waals surface area contributed by atoms with E-state index in [-0.39, 0.29) is 17.3 Å². The highest BCUT2D eigenvalue weighted by Gasteiger charge is 2.25. The van der Waals surface area contributed by atoms with E-state index in [9.17, 15) is 9.18 Å². The van der Waals surface area contributed by atoms with Crippen molar-refractivity contribution in [2.45, 2.75) is 45.7 Å². The van der Waals surface area contributed by atoms with Gasteiger partial charge in [0.25, 0.3) is 5.91 Å². The largest absolute Gasteiger partial charge is 0.368 e. The Hall–Kier alpha value is -3.59. The van der Waals surface area contributed by atoms with Crippen molar-refractivity contribution >= 4 is 39.1 Å². The lowest BCUT2D eigenvalue weighted by Gasteiger charge is -2.38. The molecule has 5 rings (SSSR count). The smallest absolute Gasteiger partial charge is 0.257 e. The van der Waals surface area contributed by atoms with E-state index in [2.05, 4.69) is 39.5 Å². The quantitative estimate of drug-likeness (QED) is 0.460. The van der Waals surface area contributed by atoms with Crippen LogP contribution in [0.3, 0.4) is 0 Å². The van der Waals surface area contributed by atoms with Gasteiger partial charge in [-0.1, -0.05) is 13.8 Å². The number of carbonyl (C=O) groups is 1. The van der Waals surface area contributed by atoms with E-state index in [0.717, 1.165) is 24.2 Å². The van der Waals surface area contributed by atoms with E-state index in [0.29, 0.717) is 40.1 Å². The van der Waals surface area contributed by atoms with Crippen molar-refractivity contribution in [2.24, 2.45) is 7.05 Å². The van der Waals surface area contributed by atoms with Crippen molar-refractivity contribution in [2.75, 3.05) is 23.3 Å². The van der Waals surface area contributed by atoms with Crippen LogP contribution in [0.5, 0.6) is 0 Å². The molecule has 0 spiro atoms. The van der Waals surface area contributed by atoms with Gasteiger partial charge in [0.2, 0.25) is 0 Å². The second kappa shape index (κ2) is 8.88. The number of amides is 1. The van der Waals surface area contributed by atoms with Gasteiger partial charge in [-0.3, -0.25) is 9.48 Å². The lowest BCUT2D eigenvalue weighted by molar-refractivity contribution is 0.102. The highest BCUT2D eigenvalue weighted by atomic mass is 19.1. The topological polar surface area (TPSA) is 88.0 Å². The molecule has 2 unspecified atom stereocenters. The molecule has 1 fully saturated rings. The number of anilines is 2. The number of carbonyl (C=O) groups excluding carboxylic acids is 1. The molecule has 8 nitrogen and oxygen atoms in total. The summed E-state index contributed by atoms with van der Waals surface area (Å²) >= 11 is 0. The van der Waals surface area contributed by atoms with Crippen LogP contribution in [0.2, 0.25) is 0 Å². The molecule has 9 heteroatoms. The Morgan fingerprint density at radius 2 is 1.91 bits per heavy atom. The SMILES string of the molecule is CC1CN(c2ccc(C(=O)Nc3cc(F)c4nn(C)cc4c3)c3nc(C(C)C)ncc23)CC(C)N1. The van der Waals surface area contributed by atoms with Crippen LogP contribution in [0.4, 0.5) is 15.8 Å². The van der Waals surface area contributed by atoms with Crippen LogP contribution in [-0.2, 0) is 7.05 Å². The lowest BCUT2D eigenvalue weighted by Crippen LogP contribution is -2.54. The molecule has 182 valence electrons. The van der Waals surface area contributed by atoms with E-state index in [1.54, 1.807) is 30.1 Å². The van der Waals surface area contributed by atoms with Gasteiger partial charge in [-0.2, -0.15) is 5.10 Å². The fourth-order valence-electron chi connectivity index (χ4n) is 4.86. The monoisotopic (exact) mass is 475 g/mol. The zero-order chi connectivity index (χ0) is 24.9. The summed E-state index contributed by atoms with van der Waals surface area (Å²) in [5.74, 6) is -0.0431. The summed E-state index contributed by atoms with van der Waals surface area (Å²) in [6.07, 6.45) is 3.54. The van der Waals surface area contributed by atoms with Gasteiger partial charge in [0.05, 0.1) is 11.1 Å². The highest BCUT2D eigenvalue weighted by molar-refractivity contribution is 6.14. The van der Waals surface area contributed by atoms with Gasteiger partial charge < -0.3 is 15.5 Å². The molecule has 0 aliphatic carbocycles. The number of aryl methyl sites for hydroxylation is 1. The van der Waals surface area contributed by atoms with E-state index in [4.69, 9.17) is 4.98 Å². The summed E-state index contributed by atoms with van der Waals surface area (Å²) in [6, 6.07) is 7.46. The third-order valence-electron chi connectivity index (χ3n) is 6.34. The van der Waals surface area contributed by atoms with Gasteiger partial charge >= 0.3 is 0 Å². The number of benzene rings is 2. The summed E-state index contributed by atoms with van der Waals surface area (Å²) in [7, 11) is 1.73. The maximum atomic E-state index is 14.6. The molecule has 1 amide bonds. The molecular formula is C26H30FN7O. The van der Waals surface area contributed by atoms with Crippen LogP contribution in [0.15, 0.2) is 36.7 Å². The van der Waals surface area contributed by atoms with Crippen LogP contribution in [0.1, 0.15) is 49.8 Å². The van der Waals surface area contributed by atoms with Gasteiger partial charge in [-0.25, -0.2) is 14.4 Å². The van der Waals surface area contributed by atoms with E-state index < -0.39 is 5.82 Å². The normalized spacial score (nSPS) is 18.5. The van der Waals surface area contributed by atoms with Gasteiger partial charge in [-0.15, -0.1) is 0 Å². The van der Waals surface area contributed by atoms with Crippen LogP contribution < -0.4 is 15.5 Å². The Bertz CT molecular complexity index is 1420. The van der Waals surface area contributed by atoms with E-state index in [1.807, 2.05) is 26.1 Å². The summed E-state index contributed by atoms with van der Waals surface area (Å²) in [5, 5.41) is 12.0. The Morgan fingerprint density at radius 3 is 2.63 bits per heavy atom. The molecule has 2 atom stereocenters. The first-order chi connectivity index (χ1) is 16.7. The molecule has 1 aliphatic rings. The molecule has 0 radical (unpaired) electrons. The number of hydrogen-bond acceptors (Lipinski definition) is 6. The number of nitrogens with one attached hydrogen (secondary N) is 2. The minimum Gasteiger partial charge on any atom is -0.368 e. The minimum absolute atomic E-state index is 0.111. The first-order valence-electron chi connectivity index (χ1n) is 11.9. The molecule has 0 saturated carbocycles. The number of rotatable bonds is 4. The maximum absolute atomic E-state index is 14.6. The zero-order valence-electron chi connectivity index (χ0n) is 20.6. The summed E-state index contributed by atoms with van der Waals surface area (Å²) in [5.41, 5.74) is 2.67. The Morgan fingerprint density at radius 1 is 1.17 bits per heavy atom. The lowest BCUT2D eigenvalue weighted by atomic mass is 10.0. The molecule has 35 heavy (non-hydrogen) atoms. The van der Waals surface area contributed by atoms with Crippen molar-refractivity contribution in [3.63, 3.8) is 0 Å². The molecule has 2 aromatic carbocycles. The first kappa shape index (κ1) is 23.2. The van der Waals surface area contributed by atoms with Gasteiger partial charge in [0, 0.05) is 72.7 Å². The fraction of sp³-hybridized carbons (Fsp3) is 0.385. The van der Waals surface area contributed by atoms with E-state index >= 15 is 0 Å². The van der Waals surface area contributed by atoms with Gasteiger partial charge in [0.1, 0.15) is 11.3 Å². The fourth-order valence-corrected chi connectivity index (χ4v) is 4.86. The standard InChI is InChI=1S/C26H30FN7O/c1-14(2)25-28-10-20-22(34-11-15(3)29-16(4)12-34)7-6-19(24(20)31-25)26(35)30-18-8-17-13-33(5)32-23(17)21(27)9-18/h6-10,13-16,29H,11-12H2,1-5H3,(H,30,35). The number of aromatic nitrogens is 4. The van der Waals surface area contributed by atoms with Crippen LogP contribution in [0, 0.1) is 5.82 Å². The zero-order valence-corrected chi connectivity index (χ0v) is 20.6. The van der Waals surface area contributed by atoms with Crippen molar-refractivity contribution in [1.82, 2.24) is 25.1 Å². The average molecular weight is 476 g/mol. The third-order valence-corrected chi connectivity index (χ3v) is 6.34. The van der Waals surface area contributed by atoms with Crippen molar-refractivity contribution < 1.29 is 9.18 Å². The summed E-state index contributed by atoms with van der Waals surface area (Å²) < 4.78 is 16.1. The minimum atomic E-state index is -0.482. The number of piperazine rings is 1. The number of hydrogen-bond donors (Lipinski definition) is 2. The Labute approximate surface area is 203 Å². The first-order valence-corrected chi connectivity index (χ1v) is 11.9. The molecule has 2 N–H and O–H groups in total. The number of nitrogens with zero attached hydrogens (tertiary/aromatic N) is 5. The predicted octanol–water partition coefficient (Wildman–Crippen LogP) is 4.22. The second-order valence-electron chi connectivity index (χ2n) is 9.80. The van der Waals surface area contributed by atoms with Crippen LogP contribution >= 0.6 is 0 Å². The maximum Gasteiger partial charge on any atom is 0.257 e.